The van der Waals surface area contributed by atoms with E-state index in [1.54, 1.807) is 6.07 Å². The van der Waals surface area contributed by atoms with Crippen LogP contribution in [0.2, 0.25) is 0 Å². The Morgan fingerprint density at radius 3 is 2.79 bits per heavy atom. The van der Waals surface area contributed by atoms with E-state index in [-0.39, 0.29) is 17.9 Å². The molecule has 0 radical (unpaired) electrons. The Bertz CT molecular complexity index is 814. The largest absolute Gasteiger partial charge is 0.358 e. The second kappa shape index (κ2) is 5.67. The van der Waals surface area contributed by atoms with Gasteiger partial charge in [0.2, 0.25) is 5.91 Å². The molecule has 1 saturated heterocycles. The maximum absolute atomic E-state index is 12.5. The first-order chi connectivity index (χ1) is 11.6. The van der Waals surface area contributed by atoms with Crippen LogP contribution in [-0.2, 0) is 4.79 Å². The number of nitrogens with one attached hydrogen (secondary N) is 2. The molecule has 0 bridgehead atoms. The van der Waals surface area contributed by atoms with Crippen molar-refractivity contribution in [3.8, 4) is 0 Å². The Kier molecular flexibility index (Phi) is 3.49. The van der Waals surface area contributed by atoms with Crippen molar-refractivity contribution in [1.29, 1.82) is 0 Å². The maximum Gasteiger partial charge on any atom is 0.255 e. The number of fused-ring (bicyclic) bond motifs is 3. The van der Waals surface area contributed by atoms with Gasteiger partial charge >= 0.3 is 0 Å². The monoisotopic (exact) mass is 321 g/mol. The molecule has 2 aliphatic heterocycles. The Morgan fingerprint density at radius 1 is 1.21 bits per heavy atom. The van der Waals surface area contributed by atoms with Crippen LogP contribution in [0.3, 0.4) is 0 Å². The fourth-order valence-corrected chi connectivity index (χ4v) is 3.41. The second-order valence-electron chi connectivity index (χ2n) is 6.39. The van der Waals surface area contributed by atoms with Crippen LogP contribution in [-0.4, -0.2) is 24.4 Å². The second-order valence-corrected chi connectivity index (χ2v) is 6.39. The molecule has 0 spiro atoms. The smallest absolute Gasteiger partial charge is 0.255 e. The molecule has 2 aromatic carbocycles. The number of rotatable bonds is 2. The number of hydrogen-bond donors (Lipinski definition) is 2. The minimum Gasteiger partial charge on any atom is -0.358 e. The van der Waals surface area contributed by atoms with Gasteiger partial charge in [-0.05, 0) is 50.1 Å². The van der Waals surface area contributed by atoms with Gasteiger partial charge in [-0.1, -0.05) is 17.7 Å². The van der Waals surface area contributed by atoms with Gasteiger partial charge in [-0.2, -0.15) is 0 Å². The van der Waals surface area contributed by atoms with E-state index in [0.717, 1.165) is 42.0 Å². The molecule has 24 heavy (non-hydrogen) atoms. The van der Waals surface area contributed by atoms with Gasteiger partial charge in [0.1, 0.15) is 6.04 Å². The van der Waals surface area contributed by atoms with Crippen LogP contribution in [0, 0.1) is 6.92 Å². The molecule has 2 aromatic rings. The summed E-state index contributed by atoms with van der Waals surface area (Å²) >= 11 is 0. The van der Waals surface area contributed by atoms with Gasteiger partial charge < -0.3 is 15.5 Å². The zero-order chi connectivity index (χ0) is 16.7. The van der Waals surface area contributed by atoms with Gasteiger partial charge in [0.05, 0.1) is 11.4 Å². The first-order valence-corrected chi connectivity index (χ1v) is 8.21. The summed E-state index contributed by atoms with van der Waals surface area (Å²) in [5.41, 5.74) is 4.16. The topological polar surface area (TPSA) is 61.4 Å². The molecule has 122 valence electrons. The summed E-state index contributed by atoms with van der Waals surface area (Å²) in [6.45, 7) is 2.89. The van der Waals surface area contributed by atoms with Crippen molar-refractivity contribution in [3.63, 3.8) is 0 Å². The third kappa shape index (κ3) is 2.52. The fourth-order valence-electron chi connectivity index (χ4n) is 3.41. The van der Waals surface area contributed by atoms with E-state index < -0.39 is 0 Å². The molecule has 5 heteroatoms. The predicted molar refractivity (Wildman–Crippen MR) is 94.6 cm³/mol. The quantitative estimate of drug-likeness (QED) is 0.893. The summed E-state index contributed by atoms with van der Waals surface area (Å²) in [6, 6.07) is 13.1. The Balaban J connectivity index is 1.59. The third-order valence-electron chi connectivity index (χ3n) is 4.69. The lowest BCUT2D eigenvalue weighted by molar-refractivity contribution is -0.117. The summed E-state index contributed by atoms with van der Waals surface area (Å²) in [6.07, 6.45) is 1.91. The SMILES string of the molecule is Cc1ccc(NC(=O)c2ccc3c(c2)NC(=O)[C@H]2CCCN32)cc1. The molecule has 2 N–H and O–H groups in total. The molecule has 2 heterocycles. The van der Waals surface area contributed by atoms with Gasteiger partial charge in [0.25, 0.3) is 5.91 Å². The molecule has 0 aromatic heterocycles. The van der Waals surface area contributed by atoms with Crippen molar-refractivity contribution in [2.24, 2.45) is 0 Å². The zero-order valence-electron chi connectivity index (χ0n) is 13.5. The third-order valence-corrected chi connectivity index (χ3v) is 4.69. The lowest BCUT2D eigenvalue weighted by Crippen LogP contribution is -2.43. The van der Waals surface area contributed by atoms with Crippen molar-refractivity contribution in [2.75, 3.05) is 22.1 Å². The van der Waals surface area contributed by atoms with Crippen molar-refractivity contribution in [3.05, 3.63) is 53.6 Å². The molecule has 4 rings (SSSR count). The van der Waals surface area contributed by atoms with Crippen LogP contribution >= 0.6 is 0 Å². The molecule has 0 unspecified atom stereocenters. The van der Waals surface area contributed by atoms with E-state index in [9.17, 15) is 9.59 Å². The predicted octanol–water partition coefficient (Wildman–Crippen LogP) is 3.17. The molecule has 0 aliphatic carbocycles. The molecule has 1 fully saturated rings. The van der Waals surface area contributed by atoms with Crippen LogP contribution in [0.15, 0.2) is 42.5 Å². The van der Waals surface area contributed by atoms with E-state index in [2.05, 4.69) is 15.5 Å². The van der Waals surface area contributed by atoms with Crippen molar-refractivity contribution in [2.45, 2.75) is 25.8 Å². The summed E-state index contributed by atoms with van der Waals surface area (Å²) < 4.78 is 0. The van der Waals surface area contributed by atoms with Crippen LogP contribution < -0.4 is 15.5 Å². The number of carbonyl (C=O) groups is 2. The molecule has 2 aliphatic rings. The lowest BCUT2D eigenvalue weighted by Gasteiger charge is -2.33. The van der Waals surface area contributed by atoms with E-state index in [0.29, 0.717) is 5.56 Å². The standard InChI is InChI=1S/C19H19N3O2/c1-12-4-7-14(8-5-12)20-18(23)13-6-9-16-15(11-13)21-19(24)17-3-2-10-22(16)17/h4-9,11,17H,2-3,10H2,1H3,(H,20,23)(H,21,24)/t17-/m1/s1. The van der Waals surface area contributed by atoms with Crippen molar-refractivity contribution in [1.82, 2.24) is 0 Å². The van der Waals surface area contributed by atoms with Gasteiger partial charge in [-0.3, -0.25) is 9.59 Å². The number of nitrogens with zero attached hydrogens (tertiary/aromatic N) is 1. The van der Waals surface area contributed by atoms with E-state index >= 15 is 0 Å². The first-order valence-electron chi connectivity index (χ1n) is 8.21. The van der Waals surface area contributed by atoms with Crippen LogP contribution in [0.4, 0.5) is 17.1 Å². The maximum atomic E-state index is 12.5. The normalized spacial score (nSPS) is 18.6. The average Bonchev–Trinajstić information content (AvgIpc) is 3.07. The Hall–Kier alpha value is -2.82. The zero-order valence-corrected chi connectivity index (χ0v) is 13.5. The average molecular weight is 321 g/mol. The molecular weight excluding hydrogens is 302 g/mol. The van der Waals surface area contributed by atoms with Crippen LogP contribution in [0.5, 0.6) is 0 Å². The molecule has 0 saturated carbocycles. The highest BCUT2D eigenvalue weighted by Crippen LogP contribution is 2.37. The summed E-state index contributed by atoms with van der Waals surface area (Å²) in [5, 5.41) is 5.82. The number of carbonyl (C=O) groups excluding carboxylic acids is 2. The number of hydrogen-bond acceptors (Lipinski definition) is 3. The molecule has 5 nitrogen and oxygen atoms in total. The first kappa shape index (κ1) is 14.8. The van der Waals surface area contributed by atoms with Crippen molar-refractivity contribution >= 4 is 28.9 Å². The summed E-state index contributed by atoms with van der Waals surface area (Å²) in [4.78, 5) is 26.8. The van der Waals surface area contributed by atoms with E-state index in [1.807, 2.05) is 43.3 Å². The van der Waals surface area contributed by atoms with Gasteiger partial charge in [-0.15, -0.1) is 0 Å². The summed E-state index contributed by atoms with van der Waals surface area (Å²) in [5.74, 6) is -0.157. The summed E-state index contributed by atoms with van der Waals surface area (Å²) in [7, 11) is 0. The van der Waals surface area contributed by atoms with Gasteiger partial charge in [0.15, 0.2) is 0 Å². The molecular formula is C19H19N3O2. The van der Waals surface area contributed by atoms with Crippen LogP contribution in [0.25, 0.3) is 0 Å². The van der Waals surface area contributed by atoms with Gasteiger partial charge in [0, 0.05) is 17.8 Å². The highest BCUT2D eigenvalue weighted by Gasteiger charge is 2.36. The van der Waals surface area contributed by atoms with Crippen LogP contribution in [0.1, 0.15) is 28.8 Å². The molecule has 2 amide bonds. The molecule has 1 atom stereocenters. The minimum absolute atomic E-state index is 0.0242. The van der Waals surface area contributed by atoms with E-state index in [1.165, 1.54) is 0 Å². The fraction of sp³-hybridized carbons (Fsp3) is 0.263. The van der Waals surface area contributed by atoms with Crippen molar-refractivity contribution < 1.29 is 9.59 Å². The highest BCUT2D eigenvalue weighted by atomic mass is 16.2. The number of anilines is 3. The lowest BCUT2D eigenvalue weighted by atomic mass is 10.1. The number of aryl methyl sites for hydroxylation is 1. The Labute approximate surface area is 140 Å². The number of benzene rings is 2. The number of amides is 2. The minimum atomic E-state index is -0.181. The van der Waals surface area contributed by atoms with E-state index in [4.69, 9.17) is 0 Å². The Morgan fingerprint density at radius 2 is 2.00 bits per heavy atom. The highest BCUT2D eigenvalue weighted by molar-refractivity contribution is 6.08. The van der Waals surface area contributed by atoms with Gasteiger partial charge in [-0.25, -0.2) is 0 Å².